The zero-order valence-corrected chi connectivity index (χ0v) is 27.3. The summed E-state index contributed by atoms with van der Waals surface area (Å²) in [5.74, 6) is -3.22. The second kappa shape index (κ2) is 14.3. The highest BCUT2D eigenvalue weighted by atomic mass is 16.6. The molecule has 0 unspecified atom stereocenters. The molecule has 45 heavy (non-hydrogen) atoms. The molecule has 10 heteroatoms. The van der Waals surface area contributed by atoms with Crippen LogP contribution in [0.25, 0.3) is 0 Å². The fourth-order valence-electron chi connectivity index (χ4n) is 7.42. The van der Waals surface area contributed by atoms with Crippen LogP contribution in [0.1, 0.15) is 71.5 Å². The second-order valence-corrected chi connectivity index (χ2v) is 12.8. The predicted molar refractivity (Wildman–Crippen MR) is 170 cm³/mol. The SMILES string of the molecule is C=CCCC(=O)N(C)[C@H](C)[C@H](OC(=O)[C@@H]1[C@H]2C(=O)N([C@@H](CC)CO)[C@H](C(=O)N(CC=C)C(C)C)[C@]23CC[C@H]1O3)c1ccccc1. The third-order valence-electron chi connectivity index (χ3n) is 9.93. The van der Waals surface area contributed by atoms with Crippen molar-refractivity contribution in [3.63, 3.8) is 0 Å². The molecule has 1 aromatic rings. The smallest absolute Gasteiger partial charge is 0.313 e. The van der Waals surface area contributed by atoms with E-state index < -0.39 is 53.7 Å². The average Bonchev–Trinajstić information content (AvgIpc) is 3.68. The van der Waals surface area contributed by atoms with Gasteiger partial charge in [-0.15, -0.1) is 13.2 Å². The Balaban J connectivity index is 1.70. The lowest BCUT2D eigenvalue weighted by atomic mass is 9.70. The molecule has 0 saturated carbocycles. The molecule has 3 saturated heterocycles. The maximum atomic E-state index is 14.4. The summed E-state index contributed by atoms with van der Waals surface area (Å²) in [6, 6.07) is 6.96. The Kier molecular flexibility index (Phi) is 10.9. The molecule has 1 spiro atoms. The molecular formula is C35H49N3O7. The van der Waals surface area contributed by atoms with Crippen LogP contribution in [0.4, 0.5) is 0 Å². The minimum atomic E-state index is -1.22. The van der Waals surface area contributed by atoms with Gasteiger partial charge in [-0.3, -0.25) is 19.2 Å². The number of benzene rings is 1. The number of fused-ring (bicyclic) bond motifs is 1. The first kappa shape index (κ1) is 34.4. The summed E-state index contributed by atoms with van der Waals surface area (Å²) in [6.45, 7) is 15.0. The van der Waals surface area contributed by atoms with E-state index in [2.05, 4.69) is 13.2 Å². The fourth-order valence-corrected chi connectivity index (χ4v) is 7.42. The highest BCUT2D eigenvalue weighted by molar-refractivity contribution is 5.98. The molecule has 2 bridgehead atoms. The Morgan fingerprint density at radius 1 is 1.18 bits per heavy atom. The largest absolute Gasteiger partial charge is 0.455 e. The van der Waals surface area contributed by atoms with Crippen LogP contribution in [0.2, 0.25) is 0 Å². The highest BCUT2D eigenvalue weighted by Crippen LogP contribution is 2.59. The van der Waals surface area contributed by atoms with Crippen molar-refractivity contribution in [2.24, 2.45) is 11.8 Å². The molecule has 8 atom stereocenters. The van der Waals surface area contributed by atoms with Crippen LogP contribution < -0.4 is 0 Å². The highest BCUT2D eigenvalue weighted by Gasteiger charge is 2.75. The van der Waals surface area contributed by atoms with E-state index in [-0.39, 0.29) is 43.3 Å². The zero-order valence-electron chi connectivity index (χ0n) is 27.3. The summed E-state index contributed by atoms with van der Waals surface area (Å²) >= 11 is 0. The number of rotatable bonds is 15. The van der Waals surface area contributed by atoms with Crippen LogP contribution in [0, 0.1) is 11.8 Å². The summed E-state index contributed by atoms with van der Waals surface area (Å²) in [5, 5.41) is 10.3. The van der Waals surface area contributed by atoms with Gasteiger partial charge in [-0.05, 0) is 52.0 Å². The summed E-state index contributed by atoms with van der Waals surface area (Å²) in [6.07, 6.45) is 4.11. The van der Waals surface area contributed by atoms with Crippen LogP contribution >= 0.6 is 0 Å². The van der Waals surface area contributed by atoms with E-state index in [0.717, 1.165) is 5.56 Å². The van der Waals surface area contributed by atoms with Gasteiger partial charge in [0, 0.05) is 26.1 Å². The van der Waals surface area contributed by atoms with E-state index in [1.807, 2.05) is 58.0 Å². The predicted octanol–water partition coefficient (Wildman–Crippen LogP) is 3.65. The third-order valence-corrected chi connectivity index (χ3v) is 9.93. The number of likely N-dealkylation sites (tertiary alicyclic amines) is 1. The number of aliphatic hydroxyl groups excluding tert-OH is 1. The van der Waals surface area contributed by atoms with Gasteiger partial charge in [0.1, 0.15) is 17.7 Å². The first-order valence-corrected chi connectivity index (χ1v) is 16.1. The monoisotopic (exact) mass is 623 g/mol. The number of ether oxygens (including phenoxy) is 2. The van der Waals surface area contributed by atoms with E-state index in [1.54, 1.807) is 29.0 Å². The molecule has 3 fully saturated rings. The minimum Gasteiger partial charge on any atom is -0.455 e. The molecule has 1 aromatic carbocycles. The molecular weight excluding hydrogens is 574 g/mol. The zero-order chi connectivity index (χ0) is 33.1. The lowest BCUT2D eigenvalue weighted by Crippen LogP contribution is -2.59. The number of aliphatic hydroxyl groups is 1. The third kappa shape index (κ3) is 6.19. The number of likely N-dealkylation sites (N-methyl/N-ethyl adjacent to an activating group) is 1. The van der Waals surface area contributed by atoms with Gasteiger partial charge in [-0.25, -0.2) is 0 Å². The molecule has 3 aliphatic heterocycles. The van der Waals surface area contributed by atoms with Gasteiger partial charge in [-0.2, -0.15) is 0 Å². The summed E-state index contributed by atoms with van der Waals surface area (Å²) in [4.78, 5) is 60.6. The lowest BCUT2D eigenvalue weighted by molar-refractivity contribution is -0.165. The Bertz CT molecular complexity index is 1260. The number of nitrogens with zero attached hydrogens (tertiary/aromatic N) is 3. The van der Waals surface area contributed by atoms with Crippen LogP contribution in [0.5, 0.6) is 0 Å². The Hall–Kier alpha value is -3.50. The number of amides is 3. The molecule has 0 aliphatic carbocycles. The van der Waals surface area contributed by atoms with E-state index in [0.29, 0.717) is 25.7 Å². The normalized spacial score (nSPS) is 27.1. The summed E-state index contributed by atoms with van der Waals surface area (Å²) in [5.41, 5.74) is -0.499. The molecule has 0 radical (unpaired) electrons. The van der Waals surface area contributed by atoms with Gasteiger partial charge in [0.15, 0.2) is 0 Å². The van der Waals surface area contributed by atoms with Gasteiger partial charge in [0.05, 0.1) is 36.6 Å². The van der Waals surface area contributed by atoms with E-state index in [1.165, 1.54) is 4.90 Å². The van der Waals surface area contributed by atoms with Crippen molar-refractivity contribution in [2.75, 3.05) is 20.2 Å². The molecule has 4 rings (SSSR count). The quantitative estimate of drug-likeness (QED) is 0.234. The van der Waals surface area contributed by atoms with Crippen LogP contribution in [-0.4, -0.2) is 99.6 Å². The van der Waals surface area contributed by atoms with Crippen molar-refractivity contribution in [1.82, 2.24) is 14.7 Å². The van der Waals surface area contributed by atoms with E-state index >= 15 is 0 Å². The molecule has 0 aromatic heterocycles. The van der Waals surface area contributed by atoms with Gasteiger partial charge in [0.25, 0.3) is 0 Å². The summed E-state index contributed by atoms with van der Waals surface area (Å²) in [7, 11) is 1.69. The minimum absolute atomic E-state index is 0.103. The van der Waals surface area contributed by atoms with Crippen molar-refractivity contribution in [3.8, 4) is 0 Å². The maximum Gasteiger partial charge on any atom is 0.313 e. The number of hydrogen-bond acceptors (Lipinski definition) is 7. The number of carbonyl (C=O) groups excluding carboxylic acids is 4. The van der Waals surface area contributed by atoms with Crippen molar-refractivity contribution in [3.05, 3.63) is 61.2 Å². The Morgan fingerprint density at radius 2 is 1.87 bits per heavy atom. The first-order valence-electron chi connectivity index (χ1n) is 16.1. The van der Waals surface area contributed by atoms with Gasteiger partial charge in [0.2, 0.25) is 17.7 Å². The lowest BCUT2D eigenvalue weighted by Gasteiger charge is -2.40. The average molecular weight is 624 g/mol. The van der Waals surface area contributed by atoms with Crippen molar-refractivity contribution >= 4 is 23.7 Å². The topological polar surface area (TPSA) is 117 Å². The Labute approximate surface area is 267 Å². The van der Waals surface area contributed by atoms with Crippen LogP contribution in [-0.2, 0) is 28.7 Å². The van der Waals surface area contributed by atoms with Crippen molar-refractivity contribution < 1.29 is 33.8 Å². The van der Waals surface area contributed by atoms with Gasteiger partial charge < -0.3 is 29.3 Å². The van der Waals surface area contributed by atoms with Crippen LogP contribution in [0.3, 0.4) is 0 Å². The van der Waals surface area contributed by atoms with Crippen LogP contribution in [0.15, 0.2) is 55.6 Å². The molecule has 3 amide bonds. The van der Waals surface area contributed by atoms with E-state index in [9.17, 15) is 24.3 Å². The molecule has 3 aliphatic rings. The Morgan fingerprint density at radius 3 is 2.44 bits per heavy atom. The fraction of sp³-hybridized carbons (Fsp3) is 0.600. The van der Waals surface area contributed by atoms with Gasteiger partial charge >= 0.3 is 5.97 Å². The first-order chi connectivity index (χ1) is 21.5. The summed E-state index contributed by atoms with van der Waals surface area (Å²) < 4.78 is 12.9. The maximum absolute atomic E-state index is 14.4. The number of esters is 1. The second-order valence-electron chi connectivity index (χ2n) is 12.8. The number of allylic oxidation sites excluding steroid dienone is 1. The van der Waals surface area contributed by atoms with Crippen molar-refractivity contribution in [1.29, 1.82) is 0 Å². The molecule has 246 valence electrons. The molecule has 10 nitrogen and oxygen atoms in total. The number of hydrogen-bond donors (Lipinski definition) is 1. The van der Waals surface area contributed by atoms with Gasteiger partial charge in [-0.1, -0.05) is 49.4 Å². The number of carbonyl (C=O) groups is 4. The standard InChI is InChI=1S/C35H49N3O7/c1-8-11-17-27(40)36(7)23(6)30(24-15-13-12-14-16-24)44-34(43)28-26-18-19-35(45-26)29(28)32(41)38(25(10-3)21-39)31(35)33(42)37(20-9-2)22(4)5/h8-9,12-16,22-23,25-26,28-31,39H,1-2,10-11,17-21H2,3-7H3/t23-,25+,26-,28+,29+,30+,31-,35+/m1/s1. The van der Waals surface area contributed by atoms with Crippen molar-refractivity contribution in [2.45, 2.75) is 102 Å². The molecule has 1 N–H and O–H groups in total. The molecule has 3 heterocycles. The van der Waals surface area contributed by atoms with E-state index in [4.69, 9.17) is 9.47 Å².